The second-order valence-corrected chi connectivity index (χ2v) is 6.63. The molecule has 4 rings (SSSR count). The number of alkyl halides is 2. The zero-order valence-electron chi connectivity index (χ0n) is 13.2. The maximum Gasteiger partial charge on any atom is 0.329 e. The molecule has 1 saturated carbocycles. The molecule has 1 fully saturated rings. The van der Waals surface area contributed by atoms with Crippen LogP contribution in [0.5, 0.6) is 0 Å². The van der Waals surface area contributed by atoms with Crippen molar-refractivity contribution < 1.29 is 13.7 Å². The van der Waals surface area contributed by atoms with Gasteiger partial charge < -0.3 is 5.32 Å². The molecule has 1 N–H and O–H groups in total. The summed E-state index contributed by atoms with van der Waals surface area (Å²) in [6.45, 7) is -2.79. The zero-order chi connectivity index (χ0) is 18.3. The maximum atomic E-state index is 13.5. The lowest BCUT2D eigenvalue weighted by Gasteiger charge is -2.08. The first-order valence-corrected chi connectivity index (χ1v) is 8.55. The minimum Gasteiger partial charge on any atom is -0.361 e. The number of imidazole rings is 1. The first-order valence-electron chi connectivity index (χ1n) is 7.74. The Hall–Kier alpha value is -2.82. The highest BCUT2D eigenvalue weighted by Crippen LogP contribution is 2.34. The van der Waals surface area contributed by atoms with Gasteiger partial charge in [-0.15, -0.1) is 0 Å². The normalized spacial score (nSPS) is 14.1. The van der Waals surface area contributed by atoms with Crippen LogP contribution in [-0.4, -0.2) is 30.5 Å². The fourth-order valence-corrected chi connectivity index (χ4v) is 3.26. The average molecular weight is 378 g/mol. The lowest BCUT2D eigenvalue weighted by Crippen LogP contribution is -2.08. The topological polar surface area (TPSA) is 98.8 Å². The molecular formula is C15H12F2N6O2S. The Bertz CT molecular complexity index is 991. The van der Waals surface area contributed by atoms with E-state index in [0.717, 1.165) is 35.4 Å². The molecule has 1 aliphatic carbocycles. The fourth-order valence-electron chi connectivity index (χ4n) is 2.43. The Morgan fingerprint density at radius 3 is 2.77 bits per heavy atom. The minimum atomic E-state index is -2.79. The standard InChI is InChI=1S/C15H12F2N6O2S/c16-13(17)22-10-4-2-1-3-9(10)20-15(22)26-14-18-7-11(23(24)25)12(21-14)19-8-5-6-8/h1-4,7-8,13H,5-6H2,(H,18,19,21). The third-order valence-corrected chi connectivity index (χ3v) is 4.65. The van der Waals surface area contributed by atoms with Gasteiger partial charge in [-0.3, -0.25) is 14.7 Å². The Morgan fingerprint density at radius 1 is 1.31 bits per heavy atom. The van der Waals surface area contributed by atoms with Gasteiger partial charge in [0.15, 0.2) is 10.3 Å². The Labute approximate surface area is 149 Å². The highest BCUT2D eigenvalue weighted by molar-refractivity contribution is 7.99. The number of nitrogens with zero attached hydrogens (tertiary/aromatic N) is 5. The van der Waals surface area contributed by atoms with Gasteiger partial charge in [0.1, 0.15) is 6.20 Å². The molecule has 2 aromatic heterocycles. The summed E-state index contributed by atoms with van der Waals surface area (Å²) in [5.74, 6) is 0.0923. The van der Waals surface area contributed by atoms with E-state index in [1.54, 1.807) is 24.3 Å². The highest BCUT2D eigenvalue weighted by atomic mass is 32.2. The number of anilines is 1. The smallest absolute Gasteiger partial charge is 0.329 e. The van der Waals surface area contributed by atoms with E-state index in [4.69, 9.17) is 0 Å². The zero-order valence-corrected chi connectivity index (χ0v) is 14.0. The molecule has 0 aliphatic heterocycles. The van der Waals surface area contributed by atoms with Crippen molar-refractivity contribution in [2.24, 2.45) is 0 Å². The van der Waals surface area contributed by atoms with E-state index in [1.165, 1.54) is 0 Å². The maximum absolute atomic E-state index is 13.5. The summed E-state index contributed by atoms with van der Waals surface area (Å²) in [5, 5.41) is 14.2. The second-order valence-electron chi connectivity index (χ2n) is 5.69. The molecule has 0 spiro atoms. The fraction of sp³-hybridized carbons (Fsp3) is 0.267. The predicted octanol–water partition coefficient (Wildman–Crippen LogP) is 3.86. The van der Waals surface area contributed by atoms with Crippen LogP contribution in [0.4, 0.5) is 20.3 Å². The lowest BCUT2D eigenvalue weighted by atomic mass is 10.3. The lowest BCUT2D eigenvalue weighted by molar-refractivity contribution is -0.384. The largest absolute Gasteiger partial charge is 0.361 e. The molecule has 0 unspecified atom stereocenters. The van der Waals surface area contributed by atoms with E-state index in [2.05, 4.69) is 20.3 Å². The summed E-state index contributed by atoms with van der Waals surface area (Å²) in [5.41, 5.74) is 0.473. The van der Waals surface area contributed by atoms with Crippen molar-refractivity contribution in [1.82, 2.24) is 19.5 Å². The number of hydrogen-bond acceptors (Lipinski definition) is 7. The first-order chi connectivity index (χ1) is 12.5. The number of hydrogen-bond donors (Lipinski definition) is 1. The SMILES string of the molecule is O=[N+]([O-])c1cnc(Sc2nc3ccccc3n2C(F)F)nc1NC1CC1. The first kappa shape index (κ1) is 16.6. The summed E-state index contributed by atoms with van der Waals surface area (Å²) in [7, 11) is 0. The molecule has 0 atom stereocenters. The predicted molar refractivity (Wildman–Crippen MR) is 90.4 cm³/mol. The average Bonchev–Trinajstić information content (AvgIpc) is 3.33. The van der Waals surface area contributed by atoms with Crippen molar-refractivity contribution in [3.63, 3.8) is 0 Å². The van der Waals surface area contributed by atoms with Gasteiger partial charge in [0.25, 0.3) is 0 Å². The van der Waals surface area contributed by atoms with Gasteiger partial charge in [-0.1, -0.05) is 12.1 Å². The number of nitro groups is 1. The Kier molecular flexibility index (Phi) is 4.15. The molecule has 0 amide bonds. The third-order valence-electron chi connectivity index (χ3n) is 3.80. The van der Waals surface area contributed by atoms with Gasteiger partial charge in [0, 0.05) is 6.04 Å². The Balaban J connectivity index is 1.72. The molecule has 0 saturated heterocycles. The van der Waals surface area contributed by atoms with Crippen LogP contribution in [0.3, 0.4) is 0 Å². The van der Waals surface area contributed by atoms with Crippen molar-refractivity contribution in [1.29, 1.82) is 0 Å². The number of aromatic nitrogens is 4. The van der Waals surface area contributed by atoms with E-state index in [1.807, 2.05) is 0 Å². The van der Waals surface area contributed by atoms with Gasteiger partial charge in [-0.2, -0.15) is 13.8 Å². The van der Waals surface area contributed by atoms with E-state index >= 15 is 0 Å². The molecule has 0 bridgehead atoms. The van der Waals surface area contributed by atoms with Gasteiger partial charge in [-0.05, 0) is 36.7 Å². The van der Waals surface area contributed by atoms with Crippen molar-refractivity contribution in [3.8, 4) is 0 Å². The summed E-state index contributed by atoms with van der Waals surface area (Å²) < 4.78 is 27.8. The van der Waals surface area contributed by atoms with Crippen LogP contribution in [0.15, 0.2) is 40.8 Å². The summed E-state index contributed by atoms with van der Waals surface area (Å²) in [6, 6.07) is 6.69. The monoisotopic (exact) mass is 378 g/mol. The number of para-hydroxylation sites is 2. The van der Waals surface area contributed by atoms with Crippen molar-refractivity contribution >= 4 is 34.3 Å². The van der Waals surface area contributed by atoms with Crippen LogP contribution in [0, 0.1) is 10.1 Å². The van der Waals surface area contributed by atoms with Crippen molar-refractivity contribution in [2.45, 2.75) is 35.7 Å². The molecule has 1 aromatic carbocycles. The number of nitrogens with one attached hydrogen (secondary N) is 1. The second kappa shape index (κ2) is 6.48. The van der Waals surface area contributed by atoms with Crippen LogP contribution < -0.4 is 5.32 Å². The van der Waals surface area contributed by atoms with Crippen LogP contribution in [0.2, 0.25) is 0 Å². The molecular weight excluding hydrogens is 366 g/mol. The van der Waals surface area contributed by atoms with Crippen LogP contribution in [-0.2, 0) is 0 Å². The molecule has 134 valence electrons. The third kappa shape index (κ3) is 3.17. The van der Waals surface area contributed by atoms with Crippen molar-refractivity contribution in [2.75, 3.05) is 5.32 Å². The summed E-state index contributed by atoms with van der Waals surface area (Å²) >= 11 is 0.837. The van der Waals surface area contributed by atoms with Gasteiger partial charge in [-0.25, -0.2) is 9.97 Å². The summed E-state index contributed by atoms with van der Waals surface area (Å²) in [4.78, 5) is 22.8. The molecule has 3 aromatic rings. The van der Waals surface area contributed by atoms with Crippen LogP contribution in [0.1, 0.15) is 19.4 Å². The van der Waals surface area contributed by atoms with E-state index in [-0.39, 0.29) is 27.9 Å². The highest BCUT2D eigenvalue weighted by Gasteiger charge is 2.27. The van der Waals surface area contributed by atoms with Crippen LogP contribution >= 0.6 is 11.8 Å². The quantitative estimate of drug-likeness (QED) is 0.395. The van der Waals surface area contributed by atoms with Gasteiger partial charge in [0.2, 0.25) is 5.82 Å². The van der Waals surface area contributed by atoms with E-state index in [9.17, 15) is 18.9 Å². The van der Waals surface area contributed by atoms with Crippen LogP contribution in [0.25, 0.3) is 11.0 Å². The molecule has 0 radical (unpaired) electrons. The van der Waals surface area contributed by atoms with Crippen molar-refractivity contribution in [3.05, 3.63) is 40.6 Å². The summed E-state index contributed by atoms with van der Waals surface area (Å²) in [6.07, 6.45) is 2.89. The van der Waals surface area contributed by atoms with Gasteiger partial charge >= 0.3 is 12.2 Å². The minimum absolute atomic E-state index is 0.0208. The number of rotatable bonds is 6. The van der Waals surface area contributed by atoms with E-state index in [0.29, 0.717) is 11.0 Å². The molecule has 8 nitrogen and oxygen atoms in total. The Morgan fingerprint density at radius 2 is 2.08 bits per heavy atom. The number of fused-ring (bicyclic) bond motifs is 1. The molecule has 1 aliphatic rings. The number of benzene rings is 1. The molecule has 26 heavy (non-hydrogen) atoms. The molecule has 2 heterocycles. The number of halogens is 2. The van der Waals surface area contributed by atoms with Gasteiger partial charge in [0.05, 0.1) is 16.0 Å². The molecule has 11 heteroatoms. The van der Waals surface area contributed by atoms with E-state index < -0.39 is 11.5 Å².